The average molecular weight is 358 g/mol. The molecule has 25 heavy (non-hydrogen) atoms. The Morgan fingerprint density at radius 3 is 3.16 bits per heavy atom. The molecule has 1 amide bonds. The number of carbonyl (C=O) groups excluding carboxylic acids is 1. The molecule has 0 spiro atoms. The molecule has 0 saturated carbocycles. The summed E-state index contributed by atoms with van der Waals surface area (Å²) >= 11 is 1.60. The molecule has 1 atom stereocenters. The molecule has 4 rings (SSSR count). The van der Waals surface area contributed by atoms with Crippen molar-refractivity contribution in [2.24, 2.45) is 13.0 Å². The fourth-order valence-corrected chi connectivity index (χ4v) is 3.75. The molecule has 3 aromatic heterocycles. The van der Waals surface area contributed by atoms with Gasteiger partial charge in [0.15, 0.2) is 5.69 Å². The standard InChI is InChI=1S/C16H18N6O2S/c1-21-9-13(18-20-21)16(23)22-5-2-3-11(8-22)7-14-17-15(19-24-14)12-4-6-25-10-12/h4,6,9-11H,2-3,5,7-8H2,1H3/t11-/m0/s1. The van der Waals surface area contributed by atoms with Crippen LogP contribution in [0.3, 0.4) is 0 Å². The van der Waals surface area contributed by atoms with Crippen LogP contribution in [0.2, 0.25) is 0 Å². The van der Waals surface area contributed by atoms with Crippen LogP contribution in [-0.2, 0) is 13.5 Å². The molecular weight excluding hydrogens is 340 g/mol. The van der Waals surface area contributed by atoms with Crippen molar-refractivity contribution in [1.29, 1.82) is 0 Å². The highest BCUT2D eigenvalue weighted by atomic mass is 32.1. The van der Waals surface area contributed by atoms with E-state index < -0.39 is 0 Å². The van der Waals surface area contributed by atoms with Crippen LogP contribution in [-0.4, -0.2) is 49.0 Å². The topological polar surface area (TPSA) is 89.9 Å². The number of thiophene rings is 1. The van der Waals surface area contributed by atoms with Gasteiger partial charge in [0.1, 0.15) is 0 Å². The molecule has 1 fully saturated rings. The van der Waals surface area contributed by atoms with Crippen LogP contribution in [0, 0.1) is 5.92 Å². The first-order chi connectivity index (χ1) is 12.2. The summed E-state index contributed by atoms with van der Waals surface area (Å²) in [7, 11) is 1.75. The molecule has 8 nitrogen and oxygen atoms in total. The van der Waals surface area contributed by atoms with E-state index in [4.69, 9.17) is 4.52 Å². The molecule has 0 bridgehead atoms. The van der Waals surface area contributed by atoms with E-state index in [1.165, 1.54) is 0 Å². The normalized spacial score (nSPS) is 17.8. The van der Waals surface area contributed by atoms with Gasteiger partial charge in [-0.2, -0.15) is 16.3 Å². The summed E-state index contributed by atoms with van der Waals surface area (Å²) < 4.78 is 6.93. The van der Waals surface area contributed by atoms with E-state index in [1.54, 1.807) is 29.3 Å². The van der Waals surface area contributed by atoms with Gasteiger partial charge in [0.25, 0.3) is 5.91 Å². The quantitative estimate of drug-likeness (QED) is 0.709. The molecule has 0 unspecified atom stereocenters. The van der Waals surface area contributed by atoms with Crippen molar-refractivity contribution in [3.8, 4) is 11.4 Å². The van der Waals surface area contributed by atoms with Gasteiger partial charge in [0, 0.05) is 37.5 Å². The van der Waals surface area contributed by atoms with E-state index in [1.807, 2.05) is 21.7 Å². The Morgan fingerprint density at radius 2 is 2.40 bits per heavy atom. The molecule has 1 saturated heterocycles. The third kappa shape index (κ3) is 3.46. The van der Waals surface area contributed by atoms with E-state index >= 15 is 0 Å². The fraction of sp³-hybridized carbons (Fsp3) is 0.438. The Kier molecular flexibility index (Phi) is 4.31. The lowest BCUT2D eigenvalue weighted by Gasteiger charge is -2.31. The van der Waals surface area contributed by atoms with Crippen LogP contribution in [0.5, 0.6) is 0 Å². The Bertz CT molecular complexity index is 856. The Hall–Kier alpha value is -2.55. The van der Waals surface area contributed by atoms with Crippen molar-refractivity contribution in [2.75, 3.05) is 13.1 Å². The smallest absolute Gasteiger partial charge is 0.276 e. The third-order valence-corrected chi connectivity index (χ3v) is 5.02. The van der Waals surface area contributed by atoms with Crippen molar-refractivity contribution < 1.29 is 9.32 Å². The number of amides is 1. The van der Waals surface area contributed by atoms with E-state index in [0.717, 1.165) is 24.9 Å². The van der Waals surface area contributed by atoms with Crippen LogP contribution in [0.1, 0.15) is 29.2 Å². The van der Waals surface area contributed by atoms with Crippen LogP contribution in [0.15, 0.2) is 27.5 Å². The largest absolute Gasteiger partial charge is 0.339 e. The molecule has 4 heterocycles. The van der Waals surface area contributed by atoms with Gasteiger partial charge in [0.05, 0.1) is 6.20 Å². The van der Waals surface area contributed by atoms with Gasteiger partial charge in [-0.25, -0.2) is 0 Å². The minimum Gasteiger partial charge on any atom is -0.339 e. The molecule has 0 aromatic carbocycles. The second-order valence-electron chi connectivity index (χ2n) is 6.26. The number of piperidine rings is 1. The Labute approximate surface area is 148 Å². The molecule has 9 heteroatoms. The minimum atomic E-state index is -0.0673. The first-order valence-corrected chi connectivity index (χ1v) is 9.14. The number of carbonyl (C=O) groups is 1. The van der Waals surface area contributed by atoms with Gasteiger partial charge in [-0.15, -0.1) is 5.10 Å². The highest BCUT2D eigenvalue weighted by Crippen LogP contribution is 2.23. The minimum absolute atomic E-state index is 0.0673. The van der Waals surface area contributed by atoms with Crippen molar-refractivity contribution in [2.45, 2.75) is 19.3 Å². The van der Waals surface area contributed by atoms with Gasteiger partial charge in [-0.1, -0.05) is 10.4 Å². The third-order valence-electron chi connectivity index (χ3n) is 4.34. The van der Waals surface area contributed by atoms with Crippen LogP contribution >= 0.6 is 11.3 Å². The number of nitrogens with zero attached hydrogens (tertiary/aromatic N) is 6. The van der Waals surface area contributed by atoms with E-state index in [-0.39, 0.29) is 5.91 Å². The molecule has 1 aliphatic rings. The first-order valence-electron chi connectivity index (χ1n) is 8.20. The Morgan fingerprint density at radius 1 is 1.48 bits per heavy atom. The van der Waals surface area contributed by atoms with Gasteiger partial charge in [0.2, 0.25) is 11.7 Å². The SMILES string of the molecule is Cn1cc(C(=O)N2CCC[C@@H](Cc3nc(-c4ccsc4)no3)C2)nn1. The van der Waals surface area contributed by atoms with Gasteiger partial charge >= 0.3 is 0 Å². The zero-order chi connectivity index (χ0) is 17.2. The lowest BCUT2D eigenvalue weighted by atomic mass is 9.94. The summed E-state index contributed by atoms with van der Waals surface area (Å²) in [6.07, 6.45) is 4.33. The van der Waals surface area contributed by atoms with Crippen LogP contribution in [0.4, 0.5) is 0 Å². The van der Waals surface area contributed by atoms with E-state index in [9.17, 15) is 4.79 Å². The lowest BCUT2D eigenvalue weighted by Crippen LogP contribution is -2.40. The average Bonchev–Trinajstić information content (AvgIpc) is 3.35. The summed E-state index contributed by atoms with van der Waals surface area (Å²) in [5.41, 5.74) is 1.36. The fourth-order valence-electron chi connectivity index (χ4n) is 3.12. The van der Waals surface area contributed by atoms with Crippen LogP contribution in [0.25, 0.3) is 11.4 Å². The van der Waals surface area contributed by atoms with E-state index in [2.05, 4.69) is 20.5 Å². The molecule has 130 valence electrons. The molecule has 1 aliphatic heterocycles. The number of hydrogen-bond acceptors (Lipinski definition) is 7. The molecule has 3 aromatic rings. The number of likely N-dealkylation sites (tertiary alicyclic amines) is 1. The van der Waals surface area contributed by atoms with Gasteiger partial charge < -0.3 is 9.42 Å². The number of hydrogen-bond donors (Lipinski definition) is 0. The summed E-state index contributed by atoms with van der Waals surface area (Å²) in [6.45, 7) is 1.42. The van der Waals surface area contributed by atoms with Gasteiger partial charge in [-0.05, 0) is 30.2 Å². The predicted octanol–water partition coefficient (Wildman–Crippen LogP) is 2.02. The highest BCUT2D eigenvalue weighted by molar-refractivity contribution is 7.08. The molecule has 0 N–H and O–H groups in total. The molecule has 0 radical (unpaired) electrons. The predicted molar refractivity (Wildman–Crippen MR) is 90.9 cm³/mol. The maximum absolute atomic E-state index is 12.5. The van der Waals surface area contributed by atoms with Crippen molar-refractivity contribution in [3.63, 3.8) is 0 Å². The summed E-state index contributed by atoms with van der Waals surface area (Å²) in [6, 6.07) is 1.97. The summed E-state index contributed by atoms with van der Waals surface area (Å²) in [4.78, 5) is 18.9. The zero-order valence-electron chi connectivity index (χ0n) is 13.8. The maximum Gasteiger partial charge on any atom is 0.276 e. The van der Waals surface area contributed by atoms with Crippen LogP contribution < -0.4 is 0 Å². The Balaban J connectivity index is 1.41. The summed E-state index contributed by atoms with van der Waals surface area (Å²) in [5.74, 6) is 1.49. The molecular formula is C16H18N6O2S. The monoisotopic (exact) mass is 358 g/mol. The second-order valence-corrected chi connectivity index (χ2v) is 7.04. The molecule has 0 aliphatic carbocycles. The van der Waals surface area contributed by atoms with Crippen molar-refractivity contribution in [3.05, 3.63) is 34.6 Å². The first kappa shape index (κ1) is 15.9. The van der Waals surface area contributed by atoms with Crippen molar-refractivity contribution in [1.82, 2.24) is 30.0 Å². The second kappa shape index (κ2) is 6.75. The zero-order valence-corrected chi connectivity index (χ0v) is 14.6. The van der Waals surface area contributed by atoms with Crippen molar-refractivity contribution >= 4 is 17.2 Å². The maximum atomic E-state index is 12.5. The van der Waals surface area contributed by atoms with E-state index in [0.29, 0.717) is 36.3 Å². The lowest BCUT2D eigenvalue weighted by molar-refractivity contribution is 0.0662. The summed E-state index contributed by atoms with van der Waals surface area (Å²) in [5, 5.41) is 15.8. The highest BCUT2D eigenvalue weighted by Gasteiger charge is 2.27. The number of rotatable bonds is 4. The number of aryl methyl sites for hydroxylation is 1. The number of aromatic nitrogens is 5. The van der Waals surface area contributed by atoms with Gasteiger partial charge in [-0.3, -0.25) is 9.48 Å².